The van der Waals surface area contributed by atoms with Crippen molar-refractivity contribution >= 4 is 39.6 Å². The Kier molecular flexibility index (Phi) is 5.55. The Morgan fingerprint density at radius 2 is 2.03 bits per heavy atom. The molecule has 9 nitrogen and oxygen atoms in total. The molecule has 0 amide bonds. The summed E-state index contributed by atoms with van der Waals surface area (Å²) >= 11 is 1.34. The number of thioether (sulfide) groups is 1. The molecule has 2 aromatic carbocycles. The number of aromatic nitrogens is 1. The molecular weight excluding hydrogens is 418 g/mol. The lowest BCUT2D eigenvalue weighted by Crippen LogP contribution is -2.36. The predicted octanol–water partition coefficient (Wildman–Crippen LogP) is 2.91. The fraction of sp³-hybridized carbons (Fsp3) is 0.238. The molecule has 0 spiro atoms. The van der Waals surface area contributed by atoms with Gasteiger partial charge in [0.2, 0.25) is 0 Å². The quantitative estimate of drug-likeness (QED) is 0.495. The molecule has 0 atom stereocenters. The van der Waals surface area contributed by atoms with Crippen molar-refractivity contribution in [2.45, 2.75) is 0 Å². The summed E-state index contributed by atoms with van der Waals surface area (Å²) in [6.45, 7) is 0. The maximum atomic E-state index is 11.8. The van der Waals surface area contributed by atoms with E-state index in [-0.39, 0.29) is 5.17 Å². The molecule has 0 radical (unpaired) electrons. The Bertz CT molecular complexity index is 1290. The molecule has 3 aromatic rings. The fourth-order valence-electron chi connectivity index (χ4n) is 3.30. The lowest BCUT2D eigenvalue weighted by molar-refractivity contribution is 0.393. The van der Waals surface area contributed by atoms with Crippen molar-refractivity contribution in [3.05, 3.63) is 58.1 Å². The lowest BCUT2D eigenvalue weighted by atomic mass is 10.1. The Hall–Kier alpha value is -3.53. The number of nitrogens with one attached hydrogen (secondary N) is 1. The van der Waals surface area contributed by atoms with E-state index in [0.717, 1.165) is 11.3 Å². The smallest absolute Gasteiger partial charge is 0.419 e. The zero-order valence-corrected chi connectivity index (χ0v) is 18.3. The van der Waals surface area contributed by atoms with Crippen LogP contribution < -0.4 is 15.2 Å². The molecule has 0 saturated carbocycles. The van der Waals surface area contributed by atoms with E-state index in [1.165, 1.54) is 21.3 Å². The summed E-state index contributed by atoms with van der Waals surface area (Å²) in [6, 6.07) is 10.9. The number of rotatable bonds is 4. The van der Waals surface area contributed by atoms with Gasteiger partial charge in [-0.15, -0.1) is 0 Å². The highest BCUT2D eigenvalue weighted by molar-refractivity contribution is 8.14. The van der Waals surface area contributed by atoms with E-state index in [9.17, 15) is 4.79 Å². The molecular formula is C21H21N5O4S. The first-order valence-electron chi connectivity index (χ1n) is 9.35. The molecule has 0 unspecified atom stereocenters. The highest BCUT2D eigenvalue weighted by Gasteiger charge is 2.26. The lowest BCUT2D eigenvalue weighted by Gasteiger charge is -2.27. The molecule has 0 fully saturated rings. The third kappa shape index (κ3) is 3.70. The zero-order valence-electron chi connectivity index (χ0n) is 17.5. The van der Waals surface area contributed by atoms with Crippen LogP contribution in [0.5, 0.6) is 11.5 Å². The van der Waals surface area contributed by atoms with Crippen molar-refractivity contribution in [3.8, 4) is 11.5 Å². The molecule has 1 aliphatic rings. The minimum atomic E-state index is -0.414. The van der Waals surface area contributed by atoms with Gasteiger partial charge in [-0.25, -0.2) is 4.79 Å². The third-order valence-corrected chi connectivity index (χ3v) is 5.81. The number of aryl methyl sites for hydroxylation is 1. The van der Waals surface area contributed by atoms with Gasteiger partial charge in [0.15, 0.2) is 16.6 Å². The molecule has 4 rings (SSSR count). The van der Waals surface area contributed by atoms with Gasteiger partial charge in [0.1, 0.15) is 11.5 Å². The normalized spacial score (nSPS) is 14.7. The molecule has 0 saturated heterocycles. The summed E-state index contributed by atoms with van der Waals surface area (Å²) < 4.78 is 17.5. The second-order valence-electron chi connectivity index (χ2n) is 6.68. The van der Waals surface area contributed by atoms with Crippen LogP contribution in [0.1, 0.15) is 11.1 Å². The van der Waals surface area contributed by atoms with Crippen LogP contribution in [0.2, 0.25) is 0 Å². The number of oxazole rings is 1. The maximum absolute atomic E-state index is 11.8. The van der Waals surface area contributed by atoms with E-state index in [0.29, 0.717) is 39.8 Å². The molecule has 0 bridgehead atoms. The van der Waals surface area contributed by atoms with Gasteiger partial charge in [0.05, 0.1) is 31.0 Å². The van der Waals surface area contributed by atoms with E-state index in [1.807, 2.05) is 18.2 Å². The number of hydrazone groups is 1. The summed E-state index contributed by atoms with van der Waals surface area (Å²) in [5, 5.41) is 14.8. The first kappa shape index (κ1) is 20.7. The van der Waals surface area contributed by atoms with Crippen molar-refractivity contribution in [1.29, 1.82) is 5.41 Å². The van der Waals surface area contributed by atoms with Crippen LogP contribution in [0.15, 0.2) is 55.7 Å². The van der Waals surface area contributed by atoms with Crippen LogP contribution in [-0.4, -0.2) is 53.3 Å². The average Bonchev–Trinajstić information content (AvgIpc) is 3.08. The molecule has 1 aromatic heterocycles. The van der Waals surface area contributed by atoms with Crippen molar-refractivity contribution in [2.75, 3.05) is 27.0 Å². The van der Waals surface area contributed by atoms with Gasteiger partial charge in [-0.05, 0) is 24.3 Å². The van der Waals surface area contributed by atoms with E-state index >= 15 is 0 Å². The molecule has 31 heavy (non-hydrogen) atoms. The Balaban J connectivity index is 1.76. The number of ether oxygens (including phenoxy) is 2. The monoisotopic (exact) mass is 439 g/mol. The number of amidine groups is 2. The summed E-state index contributed by atoms with van der Waals surface area (Å²) in [6.07, 6.45) is 0. The Morgan fingerprint density at radius 1 is 1.23 bits per heavy atom. The van der Waals surface area contributed by atoms with Crippen molar-refractivity contribution in [1.82, 2.24) is 9.58 Å². The number of aliphatic imine (C=N–C) groups is 1. The molecule has 2 heterocycles. The highest BCUT2D eigenvalue weighted by atomic mass is 32.2. The minimum Gasteiger partial charge on any atom is -0.497 e. The molecule has 0 aliphatic carbocycles. The predicted molar refractivity (Wildman–Crippen MR) is 122 cm³/mol. The van der Waals surface area contributed by atoms with E-state index in [4.69, 9.17) is 24.4 Å². The van der Waals surface area contributed by atoms with Gasteiger partial charge in [0.25, 0.3) is 0 Å². The highest BCUT2D eigenvalue weighted by Crippen LogP contribution is 2.29. The summed E-state index contributed by atoms with van der Waals surface area (Å²) in [5.74, 6) is 1.78. The van der Waals surface area contributed by atoms with Crippen LogP contribution in [-0.2, 0) is 7.05 Å². The van der Waals surface area contributed by atoms with Crippen molar-refractivity contribution in [3.63, 3.8) is 0 Å². The van der Waals surface area contributed by atoms with Crippen LogP contribution in [0.4, 0.5) is 0 Å². The summed E-state index contributed by atoms with van der Waals surface area (Å²) in [4.78, 5) is 16.2. The zero-order chi connectivity index (χ0) is 22.1. The van der Waals surface area contributed by atoms with Crippen LogP contribution in [0.25, 0.3) is 11.1 Å². The standard InChI is InChI=1S/C21H21N5O4S/c1-23-19(14-7-6-13(28-3)10-17(14)29-4)26-20(22)31-11-15(24-26)12-5-8-16-18(9-12)30-21(27)25(16)2/h5-10,22H,11H2,1-4H3. The van der Waals surface area contributed by atoms with Gasteiger partial charge in [-0.1, -0.05) is 17.8 Å². The van der Waals surface area contributed by atoms with Gasteiger partial charge in [-0.3, -0.25) is 15.0 Å². The minimum absolute atomic E-state index is 0.245. The molecule has 1 N–H and O–H groups in total. The van der Waals surface area contributed by atoms with E-state index in [1.54, 1.807) is 46.5 Å². The van der Waals surface area contributed by atoms with Crippen LogP contribution >= 0.6 is 11.8 Å². The van der Waals surface area contributed by atoms with Crippen LogP contribution in [0.3, 0.4) is 0 Å². The third-order valence-electron chi connectivity index (χ3n) is 4.95. The number of methoxy groups -OCH3 is 2. The first-order chi connectivity index (χ1) is 15.0. The van der Waals surface area contributed by atoms with E-state index < -0.39 is 5.76 Å². The van der Waals surface area contributed by atoms with Crippen LogP contribution in [0, 0.1) is 5.41 Å². The summed E-state index contributed by atoms with van der Waals surface area (Å²) in [7, 11) is 6.46. The fourth-order valence-corrected chi connectivity index (χ4v) is 4.05. The largest absolute Gasteiger partial charge is 0.497 e. The van der Waals surface area contributed by atoms with Gasteiger partial charge < -0.3 is 13.9 Å². The van der Waals surface area contributed by atoms with Gasteiger partial charge in [0, 0.05) is 31.5 Å². The average molecular weight is 439 g/mol. The Labute approximate surface area is 182 Å². The number of hydrogen-bond donors (Lipinski definition) is 1. The first-order valence-corrected chi connectivity index (χ1v) is 10.3. The summed E-state index contributed by atoms with van der Waals surface area (Å²) in [5.41, 5.74) is 3.44. The van der Waals surface area contributed by atoms with Crippen molar-refractivity contribution in [2.24, 2.45) is 17.1 Å². The molecule has 1 aliphatic heterocycles. The second kappa shape index (κ2) is 8.31. The molecule has 160 valence electrons. The topological polar surface area (TPSA) is 105 Å². The number of benzene rings is 2. The van der Waals surface area contributed by atoms with Gasteiger partial charge >= 0.3 is 5.76 Å². The number of fused-ring (bicyclic) bond motifs is 1. The number of nitrogens with zero attached hydrogens (tertiary/aromatic N) is 4. The van der Waals surface area contributed by atoms with Gasteiger partial charge in [-0.2, -0.15) is 10.1 Å². The van der Waals surface area contributed by atoms with E-state index in [2.05, 4.69) is 4.99 Å². The maximum Gasteiger partial charge on any atom is 0.419 e. The SMILES string of the molecule is CN=C(c1ccc(OC)cc1OC)N1N=C(c2ccc3c(c2)oc(=O)n3C)CSC1=N. The Morgan fingerprint density at radius 3 is 2.74 bits per heavy atom. The van der Waals surface area contributed by atoms with Crippen molar-refractivity contribution < 1.29 is 13.9 Å². The second-order valence-corrected chi connectivity index (χ2v) is 7.64. The molecule has 10 heteroatoms. The number of hydrogen-bond acceptors (Lipinski definition) is 8.